The van der Waals surface area contributed by atoms with Crippen LogP contribution in [-0.4, -0.2) is 28.5 Å². The topological polar surface area (TPSA) is 59.0 Å². The number of benzene rings is 1. The lowest BCUT2D eigenvalue weighted by molar-refractivity contribution is -0.118. The SMILES string of the molecule is CCn1c(NC(=O)C2CC23CCNCC3)nc2ccccc21.Cl. The van der Waals surface area contributed by atoms with Crippen molar-refractivity contribution in [3.8, 4) is 0 Å². The number of hydrogen-bond acceptors (Lipinski definition) is 3. The lowest BCUT2D eigenvalue weighted by Gasteiger charge is -2.23. The molecule has 2 aliphatic rings. The van der Waals surface area contributed by atoms with Gasteiger partial charge in [-0.3, -0.25) is 10.1 Å². The Bertz CT molecular complexity index is 720. The highest BCUT2D eigenvalue weighted by molar-refractivity contribution is 5.95. The van der Waals surface area contributed by atoms with Gasteiger partial charge in [-0.2, -0.15) is 0 Å². The molecule has 1 aliphatic heterocycles. The monoisotopic (exact) mass is 334 g/mol. The van der Waals surface area contributed by atoms with Gasteiger partial charge in [0.15, 0.2) is 0 Å². The average Bonchev–Trinajstić information content (AvgIpc) is 3.11. The molecule has 1 saturated heterocycles. The summed E-state index contributed by atoms with van der Waals surface area (Å²) < 4.78 is 2.07. The summed E-state index contributed by atoms with van der Waals surface area (Å²) in [6.07, 6.45) is 3.28. The van der Waals surface area contributed by atoms with Gasteiger partial charge in [-0.15, -0.1) is 12.4 Å². The van der Waals surface area contributed by atoms with Crippen LogP contribution in [0.15, 0.2) is 24.3 Å². The lowest BCUT2D eigenvalue weighted by Crippen LogP contribution is -2.32. The van der Waals surface area contributed by atoms with Gasteiger partial charge in [-0.1, -0.05) is 12.1 Å². The van der Waals surface area contributed by atoms with Gasteiger partial charge in [-0.25, -0.2) is 4.98 Å². The van der Waals surface area contributed by atoms with Gasteiger partial charge in [0.25, 0.3) is 0 Å². The van der Waals surface area contributed by atoms with E-state index in [0.717, 1.165) is 49.9 Å². The molecule has 1 atom stereocenters. The number of hydrogen-bond donors (Lipinski definition) is 2. The largest absolute Gasteiger partial charge is 0.317 e. The molecule has 6 heteroatoms. The molecule has 1 spiro atoms. The zero-order valence-corrected chi connectivity index (χ0v) is 14.2. The second kappa shape index (κ2) is 6.13. The van der Waals surface area contributed by atoms with Crippen LogP contribution < -0.4 is 10.6 Å². The maximum atomic E-state index is 12.6. The van der Waals surface area contributed by atoms with E-state index in [-0.39, 0.29) is 29.6 Å². The molecule has 0 bridgehead atoms. The molecule has 2 heterocycles. The first kappa shape index (κ1) is 16.3. The van der Waals surface area contributed by atoms with Crippen molar-refractivity contribution >= 4 is 35.3 Å². The quantitative estimate of drug-likeness (QED) is 0.907. The number of carbonyl (C=O) groups is 1. The van der Waals surface area contributed by atoms with E-state index in [9.17, 15) is 4.79 Å². The first-order valence-corrected chi connectivity index (χ1v) is 8.20. The molecule has 124 valence electrons. The van der Waals surface area contributed by atoms with Crippen LogP contribution in [0.1, 0.15) is 26.2 Å². The van der Waals surface area contributed by atoms with Crippen LogP contribution in [0.25, 0.3) is 11.0 Å². The van der Waals surface area contributed by atoms with Crippen LogP contribution in [0, 0.1) is 11.3 Å². The number of piperidine rings is 1. The van der Waals surface area contributed by atoms with E-state index in [1.54, 1.807) is 0 Å². The molecule has 23 heavy (non-hydrogen) atoms. The van der Waals surface area contributed by atoms with Crippen molar-refractivity contribution in [3.05, 3.63) is 24.3 Å². The van der Waals surface area contributed by atoms with Gasteiger partial charge in [-0.05, 0) is 56.8 Å². The molecule has 1 unspecified atom stereocenters. The Morgan fingerprint density at radius 3 is 2.87 bits per heavy atom. The lowest BCUT2D eigenvalue weighted by atomic mass is 9.92. The second-order valence-corrected chi connectivity index (χ2v) is 6.53. The van der Waals surface area contributed by atoms with Gasteiger partial charge >= 0.3 is 0 Å². The molecule has 0 radical (unpaired) electrons. The van der Waals surface area contributed by atoms with E-state index in [1.165, 1.54) is 0 Å². The highest BCUT2D eigenvalue weighted by Gasteiger charge is 2.57. The first-order chi connectivity index (χ1) is 10.7. The molecular weight excluding hydrogens is 312 g/mol. The van der Waals surface area contributed by atoms with Crippen molar-refractivity contribution in [3.63, 3.8) is 0 Å². The fraction of sp³-hybridized carbons (Fsp3) is 0.529. The highest BCUT2D eigenvalue weighted by atomic mass is 35.5. The summed E-state index contributed by atoms with van der Waals surface area (Å²) in [5.74, 6) is 0.997. The number of amides is 1. The second-order valence-electron chi connectivity index (χ2n) is 6.53. The van der Waals surface area contributed by atoms with Gasteiger partial charge < -0.3 is 9.88 Å². The summed E-state index contributed by atoms with van der Waals surface area (Å²) in [5.41, 5.74) is 2.28. The Kier molecular flexibility index (Phi) is 4.34. The van der Waals surface area contributed by atoms with E-state index < -0.39 is 0 Å². The Hall–Kier alpha value is -1.59. The van der Waals surface area contributed by atoms with E-state index in [4.69, 9.17) is 0 Å². The maximum Gasteiger partial charge on any atom is 0.230 e. The highest BCUT2D eigenvalue weighted by Crippen LogP contribution is 2.58. The molecule has 2 N–H and O–H groups in total. The van der Waals surface area contributed by atoms with Crippen LogP contribution in [0.3, 0.4) is 0 Å². The summed E-state index contributed by atoms with van der Waals surface area (Å²) in [5, 5.41) is 6.45. The molecule has 1 saturated carbocycles. The van der Waals surface area contributed by atoms with Crippen molar-refractivity contribution in [1.29, 1.82) is 0 Å². The number of nitrogens with one attached hydrogen (secondary N) is 2. The maximum absolute atomic E-state index is 12.6. The third kappa shape index (κ3) is 2.72. The van der Waals surface area contributed by atoms with Gasteiger partial charge in [0.05, 0.1) is 11.0 Å². The predicted octanol–water partition coefficient (Wildman–Crippen LogP) is 2.81. The minimum absolute atomic E-state index is 0. The number of anilines is 1. The minimum atomic E-state index is 0. The molecule has 2 aromatic rings. The number of carbonyl (C=O) groups excluding carboxylic acids is 1. The molecule has 4 rings (SSSR count). The van der Waals surface area contributed by atoms with E-state index in [0.29, 0.717) is 5.95 Å². The summed E-state index contributed by atoms with van der Waals surface area (Å²) in [7, 11) is 0. The summed E-state index contributed by atoms with van der Waals surface area (Å²) in [6.45, 7) is 4.96. The number of fused-ring (bicyclic) bond motifs is 1. The minimum Gasteiger partial charge on any atom is -0.317 e. The van der Waals surface area contributed by atoms with Crippen molar-refractivity contribution in [2.45, 2.75) is 32.7 Å². The number of aryl methyl sites for hydroxylation is 1. The fourth-order valence-corrected chi connectivity index (χ4v) is 3.88. The van der Waals surface area contributed by atoms with Gasteiger partial charge in [0.2, 0.25) is 11.9 Å². The van der Waals surface area contributed by atoms with Crippen LogP contribution >= 0.6 is 12.4 Å². The van der Waals surface area contributed by atoms with Crippen molar-refractivity contribution < 1.29 is 4.79 Å². The normalized spacial score (nSPS) is 21.9. The third-order valence-electron chi connectivity index (χ3n) is 5.31. The van der Waals surface area contributed by atoms with Crippen molar-refractivity contribution in [1.82, 2.24) is 14.9 Å². The molecule has 1 aromatic heterocycles. The van der Waals surface area contributed by atoms with Gasteiger partial charge in [0, 0.05) is 12.5 Å². The molecular formula is C17H23ClN4O. The van der Waals surface area contributed by atoms with E-state index in [1.807, 2.05) is 24.3 Å². The Morgan fingerprint density at radius 2 is 2.13 bits per heavy atom. The number of nitrogens with zero attached hydrogens (tertiary/aromatic N) is 2. The molecule has 1 aliphatic carbocycles. The molecule has 1 aromatic carbocycles. The summed E-state index contributed by atoms with van der Waals surface area (Å²) in [4.78, 5) is 17.2. The molecule has 2 fully saturated rings. The van der Waals surface area contributed by atoms with Crippen molar-refractivity contribution in [2.75, 3.05) is 18.4 Å². The Balaban J connectivity index is 0.00000156. The third-order valence-corrected chi connectivity index (χ3v) is 5.31. The summed E-state index contributed by atoms with van der Waals surface area (Å²) in [6, 6.07) is 8.02. The first-order valence-electron chi connectivity index (χ1n) is 8.20. The zero-order valence-electron chi connectivity index (χ0n) is 13.3. The predicted molar refractivity (Wildman–Crippen MR) is 93.9 cm³/mol. The van der Waals surface area contributed by atoms with Crippen molar-refractivity contribution in [2.24, 2.45) is 11.3 Å². The zero-order chi connectivity index (χ0) is 15.2. The number of imidazole rings is 1. The van der Waals surface area contributed by atoms with Crippen LogP contribution in [0.2, 0.25) is 0 Å². The molecule has 5 nitrogen and oxygen atoms in total. The Morgan fingerprint density at radius 1 is 1.39 bits per heavy atom. The van der Waals surface area contributed by atoms with E-state index in [2.05, 4.69) is 27.1 Å². The fourth-order valence-electron chi connectivity index (χ4n) is 3.88. The van der Waals surface area contributed by atoms with Crippen LogP contribution in [0.5, 0.6) is 0 Å². The number of rotatable bonds is 3. The standard InChI is InChI=1S/C17H22N4O.ClH/c1-2-21-14-6-4-3-5-13(14)19-16(21)20-15(22)12-11-17(12)7-9-18-10-8-17;/h3-6,12,18H,2,7-11H2,1H3,(H,19,20,22);1H. The Labute approximate surface area is 142 Å². The number of para-hydroxylation sites is 2. The van der Waals surface area contributed by atoms with Crippen LogP contribution in [0.4, 0.5) is 5.95 Å². The number of halogens is 1. The van der Waals surface area contributed by atoms with Crippen LogP contribution in [-0.2, 0) is 11.3 Å². The van der Waals surface area contributed by atoms with Gasteiger partial charge in [0.1, 0.15) is 0 Å². The van der Waals surface area contributed by atoms with E-state index >= 15 is 0 Å². The average molecular weight is 335 g/mol. The smallest absolute Gasteiger partial charge is 0.230 e. The number of aromatic nitrogens is 2. The molecule has 1 amide bonds. The summed E-state index contributed by atoms with van der Waals surface area (Å²) >= 11 is 0.